The number of amides is 1. The van der Waals surface area contributed by atoms with Gasteiger partial charge < -0.3 is 24.3 Å². The van der Waals surface area contributed by atoms with E-state index in [1.165, 1.54) is 33.5 Å². The molecule has 0 saturated carbocycles. The van der Waals surface area contributed by atoms with Crippen LogP contribution in [-0.2, 0) is 9.53 Å². The number of hydrogen-bond acceptors (Lipinski definition) is 6. The molecule has 0 bridgehead atoms. The molecule has 0 aliphatic heterocycles. The number of ether oxygens (including phenoxy) is 4. The molecule has 0 atom stereocenters. The summed E-state index contributed by atoms with van der Waals surface area (Å²) in [5.41, 5.74) is 1.38. The van der Waals surface area contributed by atoms with Gasteiger partial charge in [-0.1, -0.05) is 11.6 Å². The average molecular weight is 473 g/mol. The van der Waals surface area contributed by atoms with Crippen LogP contribution in [0.15, 0.2) is 28.7 Å². The van der Waals surface area contributed by atoms with E-state index in [2.05, 4.69) is 21.2 Å². The van der Waals surface area contributed by atoms with E-state index in [1.54, 1.807) is 19.1 Å². The summed E-state index contributed by atoms with van der Waals surface area (Å²) in [5, 5.41) is 3.15. The fourth-order valence-electron chi connectivity index (χ4n) is 2.32. The van der Waals surface area contributed by atoms with Crippen molar-refractivity contribution < 1.29 is 28.5 Å². The van der Waals surface area contributed by atoms with Gasteiger partial charge in [-0.25, -0.2) is 4.79 Å². The fourth-order valence-corrected chi connectivity index (χ4v) is 3.02. The highest BCUT2D eigenvalue weighted by molar-refractivity contribution is 9.10. The number of anilines is 1. The van der Waals surface area contributed by atoms with Crippen molar-refractivity contribution in [2.24, 2.45) is 0 Å². The molecule has 2 rings (SSSR count). The minimum absolute atomic E-state index is 0.185. The molecule has 1 amide bonds. The Balaban J connectivity index is 2.07. The first kappa shape index (κ1) is 21.8. The summed E-state index contributed by atoms with van der Waals surface area (Å²) < 4.78 is 21.2. The van der Waals surface area contributed by atoms with E-state index in [-0.39, 0.29) is 5.56 Å². The molecule has 2 aromatic rings. The molecule has 1 N–H and O–H groups in total. The van der Waals surface area contributed by atoms with Gasteiger partial charge in [0, 0.05) is 11.1 Å². The highest BCUT2D eigenvalue weighted by atomic mass is 79.9. The number of carbonyl (C=O) groups is 2. The number of methoxy groups -OCH3 is 3. The highest BCUT2D eigenvalue weighted by Crippen LogP contribution is 2.36. The predicted octanol–water partition coefficient (Wildman–Crippen LogP) is 4.23. The zero-order valence-electron chi connectivity index (χ0n) is 15.7. The van der Waals surface area contributed by atoms with E-state index in [0.717, 1.165) is 5.56 Å². The van der Waals surface area contributed by atoms with Crippen LogP contribution in [0.2, 0.25) is 5.02 Å². The van der Waals surface area contributed by atoms with Crippen molar-refractivity contribution in [1.29, 1.82) is 0 Å². The van der Waals surface area contributed by atoms with Crippen LogP contribution >= 0.6 is 27.5 Å². The molecular weight excluding hydrogens is 454 g/mol. The molecule has 0 spiro atoms. The summed E-state index contributed by atoms with van der Waals surface area (Å²) in [7, 11) is 4.39. The third-order valence-electron chi connectivity index (χ3n) is 3.77. The van der Waals surface area contributed by atoms with Gasteiger partial charge >= 0.3 is 5.97 Å². The van der Waals surface area contributed by atoms with E-state index in [0.29, 0.717) is 32.4 Å². The molecule has 0 heterocycles. The van der Waals surface area contributed by atoms with Gasteiger partial charge in [-0.2, -0.15) is 0 Å². The topological polar surface area (TPSA) is 83.1 Å². The Bertz CT molecular complexity index is 877. The number of rotatable bonds is 7. The molecule has 0 aromatic heterocycles. The number of halogens is 2. The molecule has 0 aliphatic rings. The molecule has 2 aromatic carbocycles. The largest absolute Gasteiger partial charge is 0.495 e. The van der Waals surface area contributed by atoms with Crippen molar-refractivity contribution in [2.45, 2.75) is 6.92 Å². The summed E-state index contributed by atoms with van der Waals surface area (Å²) in [6, 6.07) is 6.24. The van der Waals surface area contributed by atoms with Crippen molar-refractivity contribution >= 4 is 45.1 Å². The summed E-state index contributed by atoms with van der Waals surface area (Å²) in [6.45, 7) is 1.32. The van der Waals surface area contributed by atoms with Crippen LogP contribution in [0, 0.1) is 6.92 Å². The summed E-state index contributed by atoms with van der Waals surface area (Å²) in [5.74, 6) is -0.0187. The lowest BCUT2D eigenvalue weighted by molar-refractivity contribution is -0.119. The minimum atomic E-state index is -0.696. The maximum atomic E-state index is 12.3. The van der Waals surface area contributed by atoms with Gasteiger partial charge in [0.05, 0.1) is 32.6 Å². The molecule has 0 unspecified atom stereocenters. The maximum Gasteiger partial charge on any atom is 0.338 e. The Morgan fingerprint density at radius 3 is 2.11 bits per heavy atom. The molecule has 0 aliphatic carbocycles. The lowest BCUT2D eigenvalue weighted by atomic mass is 10.2. The van der Waals surface area contributed by atoms with Gasteiger partial charge in [0.25, 0.3) is 5.91 Å². The predicted molar refractivity (Wildman–Crippen MR) is 109 cm³/mol. The van der Waals surface area contributed by atoms with E-state index >= 15 is 0 Å². The number of benzene rings is 2. The van der Waals surface area contributed by atoms with E-state index in [9.17, 15) is 9.59 Å². The van der Waals surface area contributed by atoms with Crippen LogP contribution in [0.1, 0.15) is 15.9 Å². The molecule has 7 nitrogen and oxygen atoms in total. The normalized spacial score (nSPS) is 10.2. The Morgan fingerprint density at radius 2 is 1.57 bits per heavy atom. The monoisotopic (exact) mass is 471 g/mol. The van der Waals surface area contributed by atoms with Crippen LogP contribution in [0.25, 0.3) is 0 Å². The number of esters is 1. The van der Waals surface area contributed by atoms with Crippen molar-refractivity contribution in [3.8, 4) is 17.2 Å². The third-order valence-corrected chi connectivity index (χ3v) is 4.96. The quantitative estimate of drug-likeness (QED) is 0.607. The van der Waals surface area contributed by atoms with Gasteiger partial charge in [0.15, 0.2) is 6.61 Å². The number of nitrogens with one attached hydrogen (secondary N) is 1. The van der Waals surface area contributed by atoms with Crippen molar-refractivity contribution in [3.05, 3.63) is 44.9 Å². The summed E-state index contributed by atoms with van der Waals surface area (Å²) in [6.07, 6.45) is 0. The third kappa shape index (κ3) is 5.08. The van der Waals surface area contributed by atoms with Crippen LogP contribution in [0.3, 0.4) is 0 Å². The first-order valence-corrected chi connectivity index (χ1v) is 9.20. The Morgan fingerprint density at radius 1 is 1.00 bits per heavy atom. The van der Waals surface area contributed by atoms with Crippen molar-refractivity contribution in [1.82, 2.24) is 0 Å². The standard InChI is InChI=1S/C19H19BrClNO6/c1-10-5-13(14(25-2)8-12(10)21)22-17(23)9-28-19(24)11-6-15(26-3)18(20)16(7-11)27-4/h5-8H,9H2,1-4H3,(H,22,23). The fraction of sp³-hybridized carbons (Fsp3) is 0.263. The number of aryl methyl sites for hydroxylation is 1. The highest BCUT2D eigenvalue weighted by Gasteiger charge is 2.17. The lowest BCUT2D eigenvalue weighted by Gasteiger charge is -2.13. The van der Waals surface area contributed by atoms with Crippen molar-refractivity contribution in [2.75, 3.05) is 33.3 Å². The second kappa shape index (κ2) is 9.66. The van der Waals surface area contributed by atoms with Gasteiger partial charge in [0.1, 0.15) is 21.7 Å². The molecule has 0 radical (unpaired) electrons. The van der Waals surface area contributed by atoms with Crippen LogP contribution in [0.5, 0.6) is 17.2 Å². The Kier molecular flexibility index (Phi) is 7.53. The molecule has 0 saturated heterocycles. The molecular formula is C19H19BrClNO6. The first-order chi connectivity index (χ1) is 13.3. The first-order valence-electron chi connectivity index (χ1n) is 8.03. The zero-order valence-corrected chi connectivity index (χ0v) is 18.1. The van der Waals surface area contributed by atoms with Gasteiger partial charge in [0.2, 0.25) is 0 Å². The van der Waals surface area contributed by atoms with Gasteiger partial charge in [-0.15, -0.1) is 0 Å². The van der Waals surface area contributed by atoms with Gasteiger partial charge in [-0.05, 0) is 46.6 Å². The SMILES string of the molecule is COc1cc(Cl)c(C)cc1NC(=O)COC(=O)c1cc(OC)c(Br)c(OC)c1. The molecule has 28 heavy (non-hydrogen) atoms. The average Bonchev–Trinajstić information content (AvgIpc) is 2.68. The second-order valence-electron chi connectivity index (χ2n) is 5.62. The summed E-state index contributed by atoms with van der Waals surface area (Å²) >= 11 is 9.37. The van der Waals surface area contributed by atoms with E-state index in [1.807, 2.05) is 0 Å². The number of hydrogen-bond donors (Lipinski definition) is 1. The maximum absolute atomic E-state index is 12.3. The van der Waals surface area contributed by atoms with E-state index in [4.69, 9.17) is 30.5 Å². The van der Waals surface area contributed by atoms with E-state index < -0.39 is 18.5 Å². The smallest absolute Gasteiger partial charge is 0.338 e. The van der Waals surface area contributed by atoms with Crippen LogP contribution < -0.4 is 19.5 Å². The Hall–Kier alpha value is -2.45. The Labute approximate surface area is 176 Å². The molecule has 9 heteroatoms. The number of carbonyl (C=O) groups excluding carboxylic acids is 2. The lowest BCUT2D eigenvalue weighted by Crippen LogP contribution is -2.21. The second-order valence-corrected chi connectivity index (χ2v) is 6.82. The van der Waals surface area contributed by atoms with Crippen LogP contribution in [-0.4, -0.2) is 39.8 Å². The van der Waals surface area contributed by atoms with Crippen molar-refractivity contribution in [3.63, 3.8) is 0 Å². The minimum Gasteiger partial charge on any atom is -0.495 e. The van der Waals surface area contributed by atoms with Gasteiger partial charge in [-0.3, -0.25) is 4.79 Å². The molecule has 0 fully saturated rings. The summed E-state index contributed by atoms with van der Waals surface area (Å²) in [4.78, 5) is 24.5. The molecule has 150 valence electrons. The van der Waals surface area contributed by atoms with Crippen LogP contribution in [0.4, 0.5) is 5.69 Å². The zero-order chi connectivity index (χ0) is 20.8.